The van der Waals surface area contributed by atoms with Crippen molar-refractivity contribution in [1.29, 1.82) is 0 Å². The Hall–Kier alpha value is -1.26. The number of hydrogen-bond acceptors (Lipinski definition) is 4. The number of nitrogens with zero attached hydrogens (tertiary/aromatic N) is 2. The first kappa shape index (κ1) is 14.8. The number of ether oxygens (including phenoxy) is 2. The topological polar surface area (TPSA) is 44.2 Å². The van der Waals surface area contributed by atoms with Crippen LogP contribution in [0.5, 0.6) is 11.5 Å². The Labute approximate surface area is 117 Å². The van der Waals surface area contributed by atoms with Crippen LogP contribution in [-0.4, -0.2) is 29.6 Å². The predicted octanol–water partition coefficient (Wildman–Crippen LogP) is 3.07. The quantitative estimate of drug-likeness (QED) is 0.627. The van der Waals surface area contributed by atoms with Crippen molar-refractivity contribution in [2.24, 2.45) is 0 Å². The Kier molecular flexibility index (Phi) is 5.95. The van der Waals surface area contributed by atoms with Gasteiger partial charge in [-0.3, -0.25) is 0 Å². The minimum atomic E-state index is 0. The molecule has 2 aromatic rings. The first-order valence-corrected chi connectivity index (χ1v) is 5.85. The third kappa shape index (κ3) is 3.37. The average molecular weight is 289 g/mol. The van der Waals surface area contributed by atoms with Gasteiger partial charge in [0.2, 0.25) is 0 Å². The third-order valence-electron chi connectivity index (χ3n) is 2.33. The maximum Gasteiger partial charge on any atom is 0.162 e. The molecule has 18 heavy (non-hydrogen) atoms. The maximum atomic E-state index is 5.61. The Morgan fingerprint density at radius 3 is 2.83 bits per heavy atom. The number of halogens is 2. The first-order chi connectivity index (χ1) is 8.35. The van der Waals surface area contributed by atoms with E-state index in [4.69, 9.17) is 21.1 Å². The molecule has 0 amide bonds. The lowest BCUT2D eigenvalue weighted by Crippen LogP contribution is -2.00. The van der Waals surface area contributed by atoms with E-state index in [0.717, 1.165) is 17.3 Å². The molecule has 0 spiro atoms. The predicted molar refractivity (Wildman–Crippen MR) is 74.2 cm³/mol. The molecule has 0 saturated carbocycles. The maximum absolute atomic E-state index is 5.61. The van der Waals surface area contributed by atoms with Gasteiger partial charge in [-0.25, -0.2) is 9.97 Å². The number of fused-ring (bicyclic) bond motifs is 1. The lowest BCUT2D eigenvalue weighted by Gasteiger charge is -2.10. The highest BCUT2D eigenvalue weighted by Crippen LogP contribution is 2.31. The molecule has 0 N–H and O–H groups in total. The molecule has 0 aliphatic carbocycles. The molecule has 4 nitrogen and oxygen atoms in total. The fourth-order valence-electron chi connectivity index (χ4n) is 1.50. The molecule has 0 aliphatic rings. The minimum Gasteiger partial charge on any atom is -0.493 e. The molecule has 6 heteroatoms. The summed E-state index contributed by atoms with van der Waals surface area (Å²) in [6.45, 7) is 0.569. The number of rotatable bonds is 5. The molecular formula is C12H14Cl2N2O2. The Morgan fingerprint density at radius 2 is 2.11 bits per heavy atom. The van der Waals surface area contributed by atoms with Crippen LogP contribution in [-0.2, 0) is 0 Å². The summed E-state index contributed by atoms with van der Waals surface area (Å²) in [6, 6.07) is 3.72. The second-order valence-electron chi connectivity index (χ2n) is 3.48. The monoisotopic (exact) mass is 288 g/mol. The number of alkyl halides is 1. The summed E-state index contributed by atoms with van der Waals surface area (Å²) in [4.78, 5) is 8.14. The van der Waals surface area contributed by atoms with Gasteiger partial charge in [-0.05, 0) is 12.5 Å². The van der Waals surface area contributed by atoms with Crippen LogP contribution in [0.15, 0.2) is 24.7 Å². The molecule has 0 unspecified atom stereocenters. The Bertz CT molecular complexity index is 508. The van der Waals surface area contributed by atoms with Crippen molar-refractivity contribution in [2.45, 2.75) is 6.42 Å². The highest BCUT2D eigenvalue weighted by atomic mass is 35.5. The van der Waals surface area contributed by atoms with Crippen LogP contribution in [0.25, 0.3) is 10.9 Å². The van der Waals surface area contributed by atoms with E-state index >= 15 is 0 Å². The highest BCUT2D eigenvalue weighted by Gasteiger charge is 2.07. The van der Waals surface area contributed by atoms with Crippen molar-refractivity contribution < 1.29 is 9.47 Å². The molecule has 1 aromatic carbocycles. The van der Waals surface area contributed by atoms with Gasteiger partial charge >= 0.3 is 0 Å². The summed E-state index contributed by atoms with van der Waals surface area (Å²) in [7, 11) is 1.61. The molecule has 0 saturated heterocycles. The standard InChI is InChI=1S/C12H13ClN2O2.ClH/c1-16-11-6-10-9(7-14-8-15-10)5-12(11)17-4-2-3-13;/h5-8H,2-4H2,1H3;1H. The van der Waals surface area contributed by atoms with Crippen LogP contribution in [0.4, 0.5) is 0 Å². The lowest BCUT2D eigenvalue weighted by molar-refractivity contribution is 0.295. The van der Waals surface area contributed by atoms with Gasteiger partial charge < -0.3 is 9.47 Å². The molecule has 1 heterocycles. The van der Waals surface area contributed by atoms with Crippen LogP contribution < -0.4 is 9.47 Å². The lowest BCUT2D eigenvalue weighted by atomic mass is 10.2. The fourth-order valence-corrected chi connectivity index (χ4v) is 1.61. The van der Waals surface area contributed by atoms with Crippen LogP contribution in [0, 0.1) is 0 Å². The van der Waals surface area contributed by atoms with Crippen molar-refractivity contribution in [2.75, 3.05) is 19.6 Å². The van der Waals surface area contributed by atoms with Crippen LogP contribution in [0.2, 0.25) is 0 Å². The summed E-state index contributed by atoms with van der Waals surface area (Å²) in [5.74, 6) is 1.95. The summed E-state index contributed by atoms with van der Waals surface area (Å²) in [5, 5.41) is 0.925. The van der Waals surface area contributed by atoms with Crippen LogP contribution >= 0.6 is 24.0 Å². The van der Waals surface area contributed by atoms with Crippen LogP contribution in [0.3, 0.4) is 0 Å². The minimum absolute atomic E-state index is 0. The van der Waals surface area contributed by atoms with Gasteiger partial charge in [0.15, 0.2) is 11.5 Å². The van der Waals surface area contributed by atoms with Crippen LogP contribution in [0.1, 0.15) is 6.42 Å². The van der Waals surface area contributed by atoms with Crippen molar-refractivity contribution >= 4 is 34.9 Å². The molecule has 98 valence electrons. The van der Waals surface area contributed by atoms with E-state index in [9.17, 15) is 0 Å². The zero-order valence-electron chi connectivity index (χ0n) is 9.93. The second kappa shape index (κ2) is 7.24. The van der Waals surface area contributed by atoms with Gasteiger partial charge in [0.25, 0.3) is 0 Å². The summed E-state index contributed by atoms with van der Waals surface area (Å²) < 4.78 is 10.9. The number of aromatic nitrogens is 2. The summed E-state index contributed by atoms with van der Waals surface area (Å²) in [6.07, 6.45) is 4.06. The molecule has 0 atom stereocenters. The van der Waals surface area contributed by atoms with Gasteiger partial charge in [-0.15, -0.1) is 24.0 Å². The van der Waals surface area contributed by atoms with Crippen molar-refractivity contribution in [3.8, 4) is 11.5 Å². The highest BCUT2D eigenvalue weighted by molar-refractivity contribution is 6.17. The van der Waals surface area contributed by atoms with Gasteiger partial charge in [-0.2, -0.15) is 0 Å². The van der Waals surface area contributed by atoms with E-state index in [0.29, 0.717) is 24.0 Å². The molecule has 0 fully saturated rings. The van der Waals surface area contributed by atoms with E-state index in [1.807, 2.05) is 12.1 Å². The molecule has 0 bridgehead atoms. The van der Waals surface area contributed by atoms with E-state index in [2.05, 4.69) is 9.97 Å². The van der Waals surface area contributed by atoms with Gasteiger partial charge in [0, 0.05) is 23.5 Å². The van der Waals surface area contributed by atoms with E-state index in [-0.39, 0.29) is 12.4 Å². The van der Waals surface area contributed by atoms with E-state index < -0.39 is 0 Å². The van der Waals surface area contributed by atoms with E-state index in [1.165, 1.54) is 6.33 Å². The average Bonchev–Trinajstić information content (AvgIpc) is 2.38. The zero-order chi connectivity index (χ0) is 12.1. The number of hydrogen-bond donors (Lipinski definition) is 0. The number of methoxy groups -OCH3 is 1. The molecular weight excluding hydrogens is 275 g/mol. The van der Waals surface area contributed by atoms with Crippen molar-refractivity contribution in [3.05, 3.63) is 24.7 Å². The zero-order valence-corrected chi connectivity index (χ0v) is 11.5. The molecule has 0 radical (unpaired) electrons. The molecule has 0 aliphatic heterocycles. The molecule has 2 rings (SSSR count). The third-order valence-corrected chi connectivity index (χ3v) is 2.59. The first-order valence-electron chi connectivity index (χ1n) is 5.31. The van der Waals surface area contributed by atoms with Gasteiger partial charge in [-0.1, -0.05) is 0 Å². The van der Waals surface area contributed by atoms with Crippen molar-refractivity contribution in [1.82, 2.24) is 9.97 Å². The summed E-state index contributed by atoms with van der Waals surface area (Å²) >= 11 is 5.61. The Balaban J connectivity index is 0.00000162. The van der Waals surface area contributed by atoms with E-state index in [1.54, 1.807) is 13.3 Å². The second-order valence-corrected chi connectivity index (χ2v) is 3.85. The van der Waals surface area contributed by atoms with Gasteiger partial charge in [0.1, 0.15) is 6.33 Å². The largest absolute Gasteiger partial charge is 0.493 e. The van der Waals surface area contributed by atoms with Crippen molar-refractivity contribution in [3.63, 3.8) is 0 Å². The fraction of sp³-hybridized carbons (Fsp3) is 0.333. The molecule has 1 aromatic heterocycles. The normalized spacial score (nSPS) is 9.89. The SMILES string of the molecule is COc1cc2ncncc2cc1OCCCCl.Cl. The summed E-state index contributed by atoms with van der Waals surface area (Å²) in [5.41, 5.74) is 0.835. The number of benzene rings is 1. The van der Waals surface area contributed by atoms with Gasteiger partial charge in [0.05, 0.1) is 19.2 Å². The smallest absolute Gasteiger partial charge is 0.162 e. The Morgan fingerprint density at radius 1 is 1.28 bits per heavy atom.